The largest absolute Gasteiger partial charge is 0.482 e. The van der Waals surface area contributed by atoms with E-state index in [4.69, 9.17) is 21.1 Å². The Balaban J connectivity index is 2.44. The lowest BCUT2D eigenvalue weighted by Gasteiger charge is -2.10. The molecule has 0 heterocycles. The lowest BCUT2D eigenvalue weighted by Crippen LogP contribution is -2.17. The third kappa shape index (κ3) is 5.09. The topological polar surface area (TPSA) is 35.5 Å². The first-order valence-electron chi connectivity index (χ1n) is 5.53. The van der Waals surface area contributed by atoms with Gasteiger partial charge in [-0.05, 0) is 30.5 Å². The van der Waals surface area contributed by atoms with Crippen molar-refractivity contribution in [3.63, 3.8) is 0 Å². The van der Waals surface area contributed by atoms with Crippen LogP contribution in [-0.4, -0.2) is 19.2 Å². The Labute approximate surface area is 107 Å². The average molecular weight is 257 g/mol. The monoisotopic (exact) mass is 256 g/mol. The van der Waals surface area contributed by atoms with Crippen molar-refractivity contribution in [1.29, 1.82) is 0 Å². The van der Waals surface area contributed by atoms with E-state index in [0.717, 1.165) is 5.56 Å². The number of ether oxygens (including phenoxy) is 2. The summed E-state index contributed by atoms with van der Waals surface area (Å²) in [5.74, 6) is 0.573. The van der Waals surface area contributed by atoms with Crippen molar-refractivity contribution in [1.82, 2.24) is 0 Å². The molecule has 17 heavy (non-hydrogen) atoms. The second kappa shape index (κ2) is 6.50. The van der Waals surface area contributed by atoms with Gasteiger partial charge in [-0.2, -0.15) is 0 Å². The number of aryl methyl sites for hydroxylation is 1. The molecule has 0 aliphatic heterocycles. The highest BCUT2D eigenvalue weighted by molar-refractivity contribution is 6.30. The number of esters is 1. The number of hydrogen-bond acceptors (Lipinski definition) is 3. The minimum atomic E-state index is -0.363. The Hall–Kier alpha value is -1.22. The minimum Gasteiger partial charge on any atom is -0.482 e. The maximum absolute atomic E-state index is 11.3. The summed E-state index contributed by atoms with van der Waals surface area (Å²) in [6, 6.07) is 5.31. The Morgan fingerprint density at radius 2 is 2.12 bits per heavy atom. The van der Waals surface area contributed by atoms with E-state index < -0.39 is 0 Å². The predicted molar refractivity (Wildman–Crippen MR) is 67.5 cm³/mol. The van der Waals surface area contributed by atoms with E-state index in [1.807, 2.05) is 26.8 Å². The molecular formula is C13H17ClO3. The van der Waals surface area contributed by atoms with Crippen molar-refractivity contribution >= 4 is 17.6 Å². The molecule has 0 atom stereocenters. The molecule has 94 valence electrons. The van der Waals surface area contributed by atoms with Crippen molar-refractivity contribution in [3.05, 3.63) is 28.8 Å². The molecule has 0 bridgehead atoms. The molecule has 0 spiro atoms. The van der Waals surface area contributed by atoms with Crippen LogP contribution >= 0.6 is 11.6 Å². The van der Waals surface area contributed by atoms with Gasteiger partial charge in [-0.1, -0.05) is 31.5 Å². The van der Waals surface area contributed by atoms with Crippen molar-refractivity contribution in [2.45, 2.75) is 20.8 Å². The summed E-state index contributed by atoms with van der Waals surface area (Å²) in [6.45, 7) is 6.18. The first-order valence-corrected chi connectivity index (χ1v) is 5.91. The molecule has 0 amide bonds. The van der Waals surface area contributed by atoms with Gasteiger partial charge >= 0.3 is 5.97 Å². The Bertz CT molecular complexity index is 388. The molecule has 0 N–H and O–H groups in total. The first-order chi connectivity index (χ1) is 7.99. The van der Waals surface area contributed by atoms with Crippen LogP contribution in [0.4, 0.5) is 0 Å². The highest BCUT2D eigenvalue weighted by Crippen LogP contribution is 2.22. The fourth-order valence-corrected chi connectivity index (χ4v) is 1.33. The highest BCUT2D eigenvalue weighted by atomic mass is 35.5. The summed E-state index contributed by atoms with van der Waals surface area (Å²) in [7, 11) is 0. The molecule has 0 radical (unpaired) electrons. The van der Waals surface area contributed by atoms with E-state index in [1.165, 1.54) is 0 Å². The third-order valence-electron chi connectivity index (χ3n) is 2.07. The first kappa shape index (κ1) is 13.8. The van der Waals surface area contributed by atoms with Gasteiger partial charge in [-0.25, -0.2) is 4.79 Å². The molecule has 4 heteroatoms. The summed E-state index contributed by atoms with van der Waals surface area (Å²) >= 11 is 5.84. The number of rotatable bonds is 5. The van der Waals surface area contributed by atoms with Gasteiger partial charge in [-0.15, -0.1) is 0 Å². The van der Waals surface area contributed by atoms with Crippen molar-refractivity contribution in [2.75, 3.05) is 13.2 Å². The van der Waals surface area contributed by atoms with E-state index >= 15 is 0 Å². The summed E-state index contributed by atoms with van der Waals surface area (Å²) < 4.78 is 10.4. The van der Waals surface area contributed by atoms with Crippen LogP contribution in [0, 0.1) is 12.8 Å². The molecule has 0 unspecified atom stereocenters. The van der Waals surface area contributed by atoms with Crippen LogP contribution in [0.15, 0.2) is 18.2 Å². The number of hydrogen-bond donors (Lipinski definition) is 0. The molecular weight excluding hydrogens is 240 g/mol. The van der Waals surface area contributed by atoms with Crippen molar-refractivity contribution in [2.24, 2.45) is 5.92 Å². The predicted octanol–water partition coefficient (Wildman–Crippen LogP) is 3.23. The van der Waals surface area contributed by atoms with Gasteiger partial charge < -0.3 is 9.47 Å². The summed E-state index contributed by atoms with van der Waals surface area (Å²) in [5, 5.41) is 0.584. The molecule has 0 aliphatic carbocycles. The summed E-state index contributed by atoms with van der Waals surface area (Å²) in [5.41, 5.74) is 0.936. The van der Waals surface area contributed by atoms with Gasteiger partial charge in [-0.3, -0.25) is 0 Å². The molecule has 0 aromatic heterocycles. The van der Waals surface area contributed by atoms with Crippen LogP contribution in [0.1, 0.15) is 19.4 Å². The van der Waals surface area contributed by atoms with E-state index in [0.29, 0.717) is 23.3 Å². The van der Waals surface area contributed by atoms with Gasteiger partial charge in [0.1, 0.15) is 5.75 Å². The lowest BCUT2D eigenvalue weighted by atomic mass is 10.2. The molecule has 0 fully saturated rings. The van der Waals surface area contributed by atoms with E-state index in [9.17, 15) is 4.79 Å². The third-order valence-corrected chi connectivity index (χ3v) is 2.31. The SMILES string of the molecule is Cc1ccc(Cl)cc1OCC(=O)OCC(C)C. The zero-order valence-electron chi connectivity index (χ0n) is 10.3. The zero-order chi connectivity index (χ0) is 12.8. The van der Waals surface area contributed by atoms with Crippen LogP contribution in [0.3, 0.4) is 0 Å². The second-order valence-electron chi connectivity index (χ2n) is 4.28. The number of benzene rings is 1. The minimum absolute atomic E-state index is 0.0894. The maximum Gasteiger partial charge on any atom is 0.344 e. The van der Waals surface area contributed by atoms with E-state index in [1.54, 1.807) is 12.1 Å². The van der Waals surface area contributed by atoms with Crippen LogP contribution in [0.5, 0.6) is 5.75 Å². The smallest absolute Gasteiger partial charge is 0.344 e. The molecule has 0 aliphatic rings. The molecule has 1 aromatic carbocycles. The van der Waals surface area contributed by atoms with Gasteiger partial charge in [0, 0.05) is 5.02 Å². The fraction of sp³-hybridized carbons (Fsp3) is 0.462. The molecule has 3 nitrogen and oxygen atoms in total. The van der Waals surface area contributed by atoms with Gasteiger partial charge in [0.25, 0.3) is 0 Å². The average Bonchev–Trinajstić information content (AvgIpc) is 2.27. The number of carbonyl (C=O) groups is 1. The van der Waals surface area contributed by atoms with Crippen LogP contribution in [-0.2, 0) is 9.53 Å². The molecule has 0 saturated carbocycles. The molecule has 1 aromatic rings. The quantitative estimate of drug-likeness (QED) is 0.759. The van der Waals surface area contributed by atoms with Crippen LogP contribution in [0.2, 0.25) is 5.02 Å². The number of halogens is 1. The van der Waals surface area contributed by atoms with E-state index in [2.05, 4.69) is 0 Å². The van der Waals surface area contributed by atoms with Gasteiger partial charge in [0.05, 0.1) is 6.61 Å². The van der Waals surface area contributed by atoms with Gasteiger partial charge in [0.15, 0.2) is 6.61 Å². The Morgan fingerprint density at radius 1 is 1.41 bits per heavy atom. The van der Waals surface area contributed by atoms with E-state index in [-0.39, 0.29) is 12.6 Å². The maximum atomic E-state index is 11.3. The normalized spacial score (nSPS) is 10.4. The van der Waals surface area contributed by atoms with Crippen LogP contribution < -0.4 is 4.74 Å². The molecule has 0 saturated heterocycles. The van der Waals surface area contributed by atoms with Gasteiger partial charge in [0.2, 0.25) is 0 Å². The Kier molecular flexibility index (Phi) is 5.29. The summed E-state index contributed by atoms with van der Waals surface area (Å²) in [4.78, 5) is 11.3. The second-order valence-corrected chi connectivity index (χ2v) is 4.71. The standard InChI is InChI=1S/C13H17ClO3/c1-9(2)7-17-13(15)8-16-12-6-11(14)5-4-10(12)3/h4-6,9H,7-8H2,1-3H3. The lowest BCUT2D eigenvalue weighted by molar-refractivity contribution is -0.147. The zero-order valence-corrected chi connectivity index (χ0v) is 11.1. The summed E-state index contributed by atoms with van der Waals surface area (Å²) in [6.07, 6.45) is 0. The van der Waals surface area contributed by atoms with Crippen molar-refractivity contribution in [3.8, 4) is 5.75 Å². The van der Waals surface area contributed by atoms with Crippen LogP contribution in [0.25, 0.3) is 0 Å². The molecule has 1 rings (SSSR count). The van der Waals surface area contributed by atoms with Crippen molar-refractivity contribution < 1.29 is 14.3 Å². The Morgan fingerprint density at radius 3 is 2.76 bits per heavy atom. The highest BCUT2D eigenvalue weighted by Gasteiger charge is 2.07. The number of carbonyl (C=O) groups excluding carboxylic acids is 1. The fourth-order valence-electron chi connectivity index (χ4n) is 1.17.